The van der Waals surface area contributed by atoms with Crippen molar-refractivity contribution in [3.05, 3.63) is 107 Å². The first-order valence-electron chi connectivity index (χ1n) is 12.3. The van der Waals surface area contributed by atoms with Gasteiger partial charge in [0.2, 0.25) is 11.8 Å². The average molecular weight is 489 g/mol. The Morgan fingerprint density at radius 2 is 1.49 bits per heavy atom. The van der Waals surface area contributed by atoms with E-state index in [4.69, 9.17) is 0 Å². The van der Waals surface area contributed by atoms with Gasteiger partial charge in [0.05, 0.1) is 5.75 Å². The number of carbonyl (C=O) groups excluding carboxylic acids is 2. The normalized spacial score (nSPS) is 12.5. The van der Waals surface area contributed by atoms with Gasteiger partial charge in [0.25, 0.3) is 0 Å². The molecule has 3 rings (SSSR count). The molecule has 1 N–H and O–H groups in total. The van der Waals surface area contributed by atoms with E-state index in [2.05, 4.69) is 24.4 Å². The number of hydrogen-bond donors (Lipinski definition) is 1. The lowest BCUT2D eigenvalue weighted by Crippen LogP contribution is -2.52. The molecule has 0 aliphatic rings. The second-order valence-electron chi connectivity index (χ2n) is 8.95. The van der Waals surface area contributed by atoms with Crippen LogP contribution in [-0.2, 0) is 28.3 Å². The fourth-order valence-corrected chi connectivity index (χ4v) is 4.86. The van der Waals surface area contributed by atoms with Gasteiger partial charge >= 0.3 is 0 Å². The Balaban J connectivity index is 1.84. The molecular formula is C30H36N2O2S. The summed E-state index contributed by atoms with van der Waals surface area (Å²) in [6.45, 7) is 6.54. The Morgan fingerprint density at radius 3 is 2.11 bits per heavy atom. The van der Waals surface area contributed by atoms with E-state index in [0.717, 1.165) is 23.3 Å². The van der Waals surface area contributed by atoms with E-state index in [1.165, 1.54) is 11.1 Å². The van der Waals surface area contributed by atoms with Gasteiger partial charge in [-0.05, 0) is 42.5 Å². The Bertz CT molecular complexity index is 1070. The van der Waals surface area contributed by atoms with Crippen LogP contribution in [-0.4, -0.2) is 34.6 Å². The zero-order chi connectivity index (χ0) is 25.0. The summed E-state index contributed by atoms with van der Waals surface area (Å²) in [6, 6.07) is 27.6. The molecule has 0 saturated carbocycles. The number of rotatable bonds is 12. The van der Waals surface area contributed by atoms with Crippen LogP contribution in [0.3, 0.4) is 0 Å². The lowest BCUT2D eigenvalue weighted by atomic mass is 10.0. The molecule has 0 unspecified atom stereocenters. The van der Waals surface area contributed by atoms with E-state index in [-0.39, 0.29) is 17.9 Å². The predicted octanol–water partition coefficient (Wildman–Crippen LogP) is 5.78. The molecular weight excluding hydrogens is 452 g/mol. The van der Waals surface area contributed by atoms with Crippen molar-refractivity contribution >= 4 is 23.6 Å². The van der Waals surface area contributed by atoms with Crippen LogP contribution in [0.15, 0.2) is 84.9 Å². The third-order valence-electron chi connectivity index (χ3n) is 6.21. The molecule has 2 amide bonds. The highest BCUT2D eigenvalue weighted by molar-refractivity contribution is 7.99. The maximum atomic E-state index is 13.6. The molecule has 2 atom stereocenters. The topological polar surface area (TPSA) is 49.4 Å². The summed E-state index contributed by atoms with van der Waals surface area (Å²) in [5.74, 6) is 0.965. The number of aryl methyl sites for hydroxylation is 1. The first-order chi connectivity index (χ1) is 17.0. The van der Waals surface area contributed by atoms with Gasteiger partial charge < -0.3 is 10.2 Å². The molecule has 0 radical (unpaired) electrons. The summed E-state index contributed by atoms with van der Waals surface area (Å²) < 4.78 is 0. The minimum absolute atomic E-state index is 0.0207. The van der Waals surface area contributed by atoms with Gasteiger partial charge in [0, 0.05) is 24.8 Å². The van der Waals surface area contributed by atoms with Gasteiger partial charge in [-0.2, -0.15) is 0 Å². The summed E-state index contributed by atoms with van der Waals surface area (Å²) in [4.78, 5) is 28.9. The van der Waals surface area contributed by atoms with Crippen LogP contribution >= 0.6 is 11.8 Å². The van der Waals surface area contributed by atoms with Gasteiger partial charge in [0.1, 0.15) is 6.04 Å². The highest BCUT2D eigenvalue weighted by Gasteiger charge is 2.30. The van der Waals surface area contributed by atoms with Crippen molar-refractivity contribution in [3.63, 3.8) is 0 Å². The van der Waals surface area contributed by atoms with Crippen LogP contribution in [0.25, 0.3) is 0 Å². The number of carbonyl (C=O) groups is 2. The van der Waals surface area contributed by atoms with Crippen LogP contribution in [0.2, 0.25) is 0 Å². The minimum atomic E-state index is -0.585. The number of nitrogens with zero attached hydrogens (tertiary/aromatic N) is 1. The van der Waals surface area contributed by atoms with Crippen LogP contribution < -0.4 is 5.32 Å². The van der Waals surface area contributed by atoms with Crippen molar-refractivity contribution in [2.45, 2.75) is 58.0 Å². The molecule has 35 heavy (non-hydrogen) atoms. The summed E-state index contributed by atoms with van der Waals surface area (Å²) >= 11 is 1.60. The van der Waals surface area contributed by atoms with E-state index < -0.39 is 6.04 Å². The standard InChI is InChI=1S/C30H36N2O2S/c1-4-24(3)31-30(34)28(19-25-14-7-5-8-15-25)32(20-26-16-9-6-10-17-26)29(33)22-35-21-27-18-12-11-13-23(27)2/h5-18,24,28H,4,19-22H2,1-3H3,(H,31,34)/t24-,28+/m1/s1. The van der Waals surface area contributed by atoms with Crippen molar-refractivity contribution < 1.29 is 9.59 Å². The molecule has 0 heterocycles. The molecule has 0 saturated heterocycles. The SMILES string of the molecule is CC[C@@H](C)NC(=O)[C@H](Cc1ccccc1)N(Cc1ccccc1)C(=O)CSCc1ccccc1C. The van der Waals surface area contributed by atoms with Gasteiger partial charge in [-0.1, -0.05) is 91.9 Å². The van der Waals surface area contributed by atoms with Gasteiger partial charge in [-0.3, -0.25) is 9.59 Å². The lowest BCUT2D eigenvalue weighted by Gasteiger charge is -2.32. The van der Waals surface area contributed by atoms with Crippen molar-refractivity contribution in [1.29, 1.82) is 0 Å². The molecule has 184 valence electrons. The summed E-state index contributed by atoms with van der Waals surface area (Å²) in [5.41, 5.74) is 4.51. The zero-order valence-electron chi connectivity index (χ0n) is 20.9. The summed E-state index contributed by atoms with van der Waals surface area (Å²) in [5, 5.41) is 3.12. The first kappa shape index (κ1) is 26.6. The van der Waals surface area contributed by atoms with E-state index in [1.54, 1.807) is 16.7 Å². The lowest BCUT2D eigenvalue weighted by molar-refractivity contribution is -0.139. The Kier molecular flexibility index (Phi) is 10.4. The second-order valence-corrected chi connectivity index (χ2v) is 9.94. The second kappa shape index (κ2) is 13.7. The molecule has 3 aromatic carbocycles. The average Bonchev–Trinajstić information content (AvgIpc) is 2.88. The van der Waals surface area contributed by atoms with E-state index in [1.807, 2.05) is 86.6 Å². The van der Waals surface area contributed by atoms with E-state index >= 15 is 0 Å². The van der Waals surface area contributed by atoms with Crippen LogP contribution in [0.4, 0.5) is 0 Å². The van der Waals surface area contributed by atoms with Crippen molar-refractivity contribution in [2.24, 2.45) is 0 Å². The molecule has 0 bridgehead atoms. The monoisotopic (exact) mass is 488 g/mol. The molecule has 0 aliphatic heterocycles. The number of hydrogen-bond acceptors (Lipinski definition) is 3. The van der Waals surface area contributed by atoms with Crippen molar-refractivity contribution in [2.75, 3.05) is 5.75 Å². The maximum Gasteiger partial charge on any atom is 0.243 e. The van der Waals surface area contributed by atoms with Crippen LogP contribution in [0, 0.1) is 6.92 Å². The molecule has 0 fully saturated rings. The number of thioether (sulfide) groups is 1. The molecule has 3 aromatic rings. The predicted molar refractivity (Wildman–Crippen MR) is 146 cm³/mol. The number of amides is 2. The van der Waals surface area contributed by atoms with E-state index in [9.17, 15) is 9.59 Å². The zero-order valence-corrected chi connectivity index (χ0v) is 21.8. The number of benzene rings is 3. The van der Waals surface area contributed by atoms with Crippen molar-refractivity contribution in [1.82, 2.24) is 10.2 Å². The molecule has 0 aromatic heterocycles. The molecule has 5 heteroatoms. The van der Waals surface area contributed by atoms with Gasteiger partial charge in [-0.25, -0.2) is 0 Å². The quantitative estimate of drug-likeness (QED) is 0.351. The highest BCUT2D eigenvalue weighted by atomic mass is 32.2. The molecule has 4 nitrogen and oxygen atoms in total. The summed E-state index contributed by atoms with van der Waals surface area (Å²) in [7, 11) is 0. The Labute approximate surface area is 214 Å². The van der Waals surface area contributed by atoms with E-state index in [0.29, 0.717) is 18.7 Å². The Hall–Kier alpha value is -3.05. The highest BCUT2D eigenvalue weighted by Crippen LogP contribution is 2.20. The third kappa shape index (κ3) is 8.29. The molecule has 0 aliphatic carbocycles. The van der Waals surface area contributed by atoms with Crippen molar-refractivity contribution in [3.8, 4) is 0 Å². The Morgan fingerprint density at radius 1 is 0.886 bits per heavy atom. The third-order valence-corrected chi connectivity index (χ3v) is 7.18. The number of nitrogens with one attached hydrogen (secondary N) is 1. The summed E-state index contributed by atoms with van der Waals surface area (Å²) in [6.07, 6.45) is 1.31. The van der Waals surface area contributed by atoms with Gasteiger partial charge in [-0.15, -0.1) is 11.8 Å². The fraction of sp³-hybridized carbons (Fsp3) is 0.333. The van der Waals surface area contributed by atoms with Crippen LogP contribution in [0.5, 0.6) is 0 Å². The molecule has 0 spiro atoms. The largest absolute Gasteiger partial charge is 0.352 e. The smallest absolute Gasteiger partial charge is 0.243 e. The van der Waals surface area contributed by atoms with Crippen LogP contribution in [0.1, 0.15) is 42.5 Å². The fourth-order valence-electron chi connectivity index (χ4n) is 3.88. The minimum Gasteiger partial charge on any atom is -0.352 e. The maximum absolute atomic E-state index is 13.6. The van der Waals surface area contributed by atoms with Gasteiger partial charge in [0.15, 0.2) is 0 Å². The first-order valence-corrected chi connectivity index (χ1v) is 13.4.